The van der Waals surface area contributed by atoms with Gasteiger partial charge in [0.05, 0.1) is 31.3 Å². The van der Waals surface area contributed by atoms with Gasteiger partial charge in [-0.3, -0.25) is 9.59 Å². The Morgan fingerprint density at radius 3 is 2.19 bits per heavy atom. The third-order valence-electron chi connectivity index (χ3n) is 4.11. The minimum Gasteiger partial charge on any atom is -0.466 e. The molecule has 5 nitrogen and oxygen atoms in total. The first-order valence-electron chi connectivity index (χ1n) is 8.48. The van der Waals surface area contributed by atoms with Crippen LogP contribution < -0.4 is 0 Å². The van der Waals surface area contributed by atoms with E-state index >= 15 is 0 Å². The van der Waals surface area contributed by atoms with Gasteiger partial charge in [-0.2, -0.15) is 5.26 Å². The Labute approximate surface area is 153 Å². The van der Waals surface area contributed by atoms with Crippen LogP contribution >= 0.6 is 0 Å². The zero-order valence-corrected chi connectivity index (χ0v) is 14.9. The van der Waals surface area contributed by atoms with Crippen molar-refractivity contribution in [2.24, 2.45) is 0 Å². The number of carbonyl (C=O) groups is 2. The summed E-state index contributed by atoms with van der Waals surface area (Å²) in [6.07, 6.45) is -0.248. The van der Waals surface area contributed by atoms with Crippen molar-refractivity contribution in [1.82, 2.24) is 0 Å². The highest BCUT2D eigenvalue weighted by atomic mass is 16.5. The summed E-state index contributed by atoms with van der Waals surface area (Å²) in [6, 6.07) is 17.8. The lowest BCUT2D eigenvalue weighted by atomic mass is 9.70. The molecule has 0 aliphatic rings. The van der Waals surface area contributed by atoms with E-state index in [9.17, 15) is 14.9 Å². The Kier molecular flexibility index (Phi) is 6.51. The van der Waals surface area contributed by atoms with Gasteiger partial charge >= 0.3 is 11.9 Å². The smallest absolute Gasteiger partial charge is 0.321 e. The molecule has 2 aromatic rings. The van der Waals surface area contributed by atoms with Crippen LogP contribution in [0.1, 0.15) is 37.0 Å². The summed E-state index contributed by atoms with van der Waals surface area (Å²) < 4.78 is 10.5. The number of hydrogen-bond donors (Lipinski definition) is 0. The van der Waals surface area contributed by atoms with Crippen molar-refractivity contribution in [1.29, 1.82) is 5.26 Å². The van der Waals surface area contributed by atoms with Crippen LogP contribution in [0.15, 0.2) is 54.6 Å². The Morgan fingerprint density at radius 2 is 1.58 bits per heavy atom. The average molecular weight is 351 g/mol. The number of esters is 2. The summed E-state index contributed by atoms with van der Waals surface area (Å²) in [5.41, 5.74) is -0.126. The van der Waals surface area contributed by atoms with Gasteiger partial charge in [0.2, 0.25) is 0 Å². The Balaban J connectivity index is 2.77. The van der Waals surface area contributed by atoms with Crippen LogP contribution in [0.4, 0.5) is 0 Å². The van der Waals surface area contributed by atoms with Crippen molar-refractivity contribution >= 4 is 11.9 Å². The molecule has 0 spiro atoms. The molecule has 0 aromatic heterocycles. The lowest BCUT2D eigenvalue weighted by molar-refractivity contribution is -0.155. The van der Waals surface area contributed by atoms with E-state index in [2.05, 4.69) is 6.07 Å². The first-order chi connectivity index (χ1) is 12.6. The van der Waals surface area contributed by atoms with Gasteiger partial charge in [-0.25, -0.2) is 0 Å². The molecular weight excluding hydrogens is 330 g/mol. The molecule has 0 radical (unpaired) electrons. The molecule has 0 saturated heterocycles. The van der Waals surface area contributed by atoms with Crippen LogP contribution in [0.3, 0.4) is 0 Å². The van der Waals surface area contributed by atoms with Gasteiger partial charge in [0.25, 0.3) is 0 Å². The maximum absolute atomic E-state index is 13.1. The highest BCUT2D eigenvalue weighted by Crippen LogP contribution is 2.39. The topological polar surface area (TPSA) is 76.4 Å². The Hall–Kier alpha value is -3.13. The summed E-state index contributed by atoms with van der Waals surface area (Å²) >= 11 is 0. The van der Waals surface area contributed by atoms with Crippen molar-refractivity contribution in [3.05, 3.63) is 71.3 Å². The average Bonchev–Trinajstić information content (AvgIpc) is 2.67. The Morgan fingerprint density at radius 1 is 0.962 bits per heavy atom. The fourth-order valence-corrected chi connectivity index (χ4v) is 3.01. The van der Waals surface area contributed by atoms with Gasteiger partial charge in [-0.05, 0) is 31.0 Å². The maximum Gasteiger partial charge on any atom is 0.321 e. The van der Waals surface area contributed by atoms with Gasteiger partial charge < -0.3 is 9.47 Å². The molecule has 0 amide bonds. The highest BCUT2D eigenvalue weighted by Gasteiger charge is 2.47. The van der Waals surface area contributed by atoms with Crippen LogP contribution in [0.25, 0.3) is 0 Å². The minimum atomic E-state index is -1.45. The summed E-state index contributed by atoms with van der Waals surface area (Å²) in [7, 11) is 0. The summed E-state index contributed by atoms with van der Waals surface area (Å²) in [4.78, 5) is 25.5. The molecule has 0 saturated carbocycles. The number of carbonyl (C=O) groups excluding carboxylic acids is 2. The summed E-state index contributed by atoms with van der Waals surface area (Å²) in [6.45, 7) is 3.77. The number of hydrogen-bond acceptors (Lipinski definition) is 5. The molecule has 5 heteroatoms. The predicted molar refractivity (Wildman–Crippen MR) is 96.3 cm³/mol. The van der Waals surface area contributed by atoms with Crippen molar-refractivity contribution in [3.8, 4) is 6.07 Å². The summed E-state index contributed by atoms with van der Waals surface area (Å²) in [5.74, 6) is -1.11. The first-order valence-corrected chi connectivity index (χ1v) is 8.48. The highest BCUT2D eigenvalue weighted by molar-refractivity contribution is 5.93. The van der Waals surface area contributed by atoms with E-state index in [4.69, 9.17) is 9.47 Å². The van der Waals surface area contributed by atoms with Crippen molar-refractivity contribution < 1.29 is 19.1 Å². The first kappa shape index (κ1) is 19.2. The van der Waals surface area contributed by atoms with Gasteiger partial charge in [-0.15, -0.1) is 0 Å². The van der Waals surface area contributed by atoms with Crippen LogP contribution in [0.2, 0.25) is 0 Å². The molecular formula is C21H21NO4. The van der Waals surface area contributed by atoms with Crippen LogP contribution in [0.5, 0.6) is 0 Å². The number of nitrogens with zero attached hydrogens (tertiary/aromatic N) is 1. The molecule has 0 fully saturated rings. The van der Waals surface area contributed by atoms with E-state index in [0.29, 0.717) is 16.7 Å². The van der Waals surface area contributed by atoms with E-state index in [0.717, 1.165) is 0 Å². The van der Waals surface area contributed by atoms with E-state index in [1.54, 1.807) is 62.4 Å². The predicted octanol–water partition coefficient (Wildman–Crippen LogP) is 3.36. The van der Waals surface area contributed by atoms with Crippen LogP contribution in [-0.2, 0) is 24.5 Å². The SMILES string of the molecule is CCOC(=O)CC(C(=O)OCC)(c1ccccc1)c1ccccc1C#N. The third-order valence-corrected chi connectivity index (χ3v) is 4.11. The Bertz CT molecular complexity index is 810. The van der Waals surface area contributed by atoms with Crippen molar-refractivity contribution in [2.75, 3.05) is 13.2 Å². The quantitative estimate of drug-likeness (QED) is 0.715. The van der Waals surface area contributed by atoms with Crippen molar-refractivity contribution in [3.63, 3.8) is 0 Å². The fourth-order valence-electron chi connectivity index (χ4n) is 3.01. The molecule has 0 N–H and O–H groups in total. The second-order valence-corrected chi connectivity index (χ2v) is 5.63. The van der Waals surface area contributed by atoms with Gasteiger partial charge in [0.1, 0.15) is 5.41 Å². The zero-order valence-electron chi connectivity index (χ0n) is 14.9. The molecule has 0 bridgehead atoms. The largest absolute Gasteiger partial charge is 0.466 e. The molecule has 1 atom stereocenters. The van der Waals surface area contributed by atoms with E-state index in [1.165, 1.54) is 0 Å². The standard InChI is InChI=1S/C21H21NO4/c1-3-25-19(23)14-21(20(24)26-4-2,17-11-6-5-7-12-17)18-13-9-8-10-16(18)15-22/h5-13H,3-4,14H2,1-2H3. The number of benzene rings is 2. The summed E-state index contributed by atoms with van der Waals surface area (Å²) in [5, 5.41) is 9.56. The lowest BCUT2D eigenvalue weighted by Crippen LogP contribution is -2.42. The van der Waals surface area contributed by atoms with E-state index in [-0.39, 0.29) is 19.6 Å². The van der Waals surface area contributed by atoms with Crippen molar-refractivity contribution in [2.45, 2.75) is 25.7 Å². The third kappa shape index (κ3) is 3.75. The van der Waals surface area contributed by atoms with Gasteiger partial charge in [-0.1, -0.05) is 48.5 Å². The second-order valence-electron chi connectivity index (χ2n) is 5.63. The molecule has 0 aliphatic heterocycles. The van der Waals surface area contributed by atoms with E-state index in [1.807, 2.05) is 6.07 Å². The van der Waals surface area contributed by atoms with Gasteiger partial charge in [0, 0.05) is 0 Å². The fraction of sp³-hybridized carbons (Fsp3) is 0.286. The molecule has 2 aromatic carbocycles. The van der Waals surface area contributed by atoms with Gasteiger partial charge in [0.15, 0.2) is 0 Å². The lowest BCUT2D eigenvalue weighted by Gasteiger charge is -2.32. The second kappa shape index (κ2) is 8.82. The number of nitriles is 1. The zero-order chi connectivity index (χ0) is 19.0. The van der Waals surface area contributed by atoms with Crippen LogP contribution in [-0.4, -0.2) is 25.2 Å². The van der Waals surface area contributed by atoms with Crippen LogP contribution in [0, 0.1) is 11.3 Å². The molecule has 134 valence electrons. The maximum atomic E-state index is 13.1. The number of rotatable bonds is 7. The normalized spacial score (nSPS) is 12.5. The molecule has 1 unspecified atom stereocenters. The van der Waals surface area contributed by atoms with E-state index < -0.39 is 17.4 Å². The molecule has 2 rings (SSSR count). The number of ether oxygens (including phenoxy) is 2. The molecule has 26 heavy (non-hydrogen) atoms. The molecule has 0 aliphatic carbocycles. The minimum absolute atomic E-state index is 0.158. The molecule has 0 heterocycles. The monoisotopic (exact) mass is 351 g/mol.